The predicted molar refractivity (Wildman–Crippen MR) is 122 cm³/mol. The molecule has 3 aromatic rings. The lowest BCUT2D eigenvalue weighted by Gasteiger charge is -2.22. The van der Waals surface area contributed by atoms with Gasteiger partial charge in [-0.25, -0.2) is 13.4 Å². The van der Waals surface area contributed by atoms with E-state index in [0.717, 1.165) is 29.7 Å². The third-order valence-corrected chi connectivity index (χ3v) is 8.30. The van der Waals surface area contributed by atoms with Crippen molar-refractivity contribution in [2.24, 2.45) is 0 Å². The van der Waals surface area contributed by atoms with Crippen LogP contribution in [-0.4, -0.2) is 41.7 Å². The van der Waals surface area contributed by atoms with Crippen molar-refractivity contribution in [1.82, 2.24) is 14.3 Å². The zero-order valence-electron chi connectivity index (χ0n) is 17.5. The second-order valence-corrected chi connectivity index (χ2v) is 9.98. The molecule has 0 aliphatic heterocycles. The summed E-state index contributed by atoms with van der Waals surface area (Å²) in [5.41, 5.74) is 2.54. The summed E-state index contributed by atoms with van der Waals surface area (Å²) in [4.78, 5) is 20.7. The third kappa shape index (κ3) is 4.20. The Morgan fingerprint density at radius 2 is 1.94 bits per heavy atom. The molecule has 9 heteroatoms. The standard InChI is InChI=1S/C22H25ClN4O3S/c1-3-27(4-2)31(29,30)20-12-15(8-10-17(20)23)22(28)24-16-9-11-18-19(13-16)26-21(25-18)14-6-5-7-14/h8-14H,3-7H2,1-2H3,(H,24,28)(H,25,26). The summed E-state index contributed by atoms with van der Waals surface area (Å²) in [7, 11) is -3.78. The van der Waals surface area contributed by atoms with E-state index < -0.39 is 15.9 Å². The van der Waals surface area contributed by atoms with Crippen molar-refractivity contribution in [3.63, 3.8) is 0 Å². The van der Waals surface area contributed by atoms with Crippen LogP contribution in [0, 0.1) is 0 Å². The van der Waals surface area contributed by atoms with Crippen LogP contribution in [0.4, 0.5) is 5.69 Å². The van der Waals surface area contributed by atoms with Gasteiger partial charge in [0.25, 0.3) is 5.91 Å². The van der Waals surface area contributed by atoms with E-state index in [9.17, 15) is 13.2 Å². The van der Waals surface area contributed by atoms with E-state index in [-0.39, 0.29) is 15.5 Å². The normalized spacial score (nSPS) is 14.7. The fourth-order valence-corrected chi connectivity index (χ4v) is 5.69. The quantitative estimate of drug-likeness (QED) is 0.531. The second-order valence-electron chi connectivity index (χ2n) is 7.67. The molecular formula is C22H25ClN4O3S. The van der Waals surface area contributed by atoms with Crippen molar-refractivity contribution in [3.05, 3.63) is 52.8 Å². The van der Waals surface area contributed by atoms with Crippen molar-refractivity contribution < 1.29 is 13.2 Å². The van der Waals surface area contributed by atoms with E-state index in [1.165, 1.54) is 28.9 Å². The van der Waals surface area contributed by atoms with Gasteiger partial charge in [0.05, 0.1) is 16.1 Å². The highest BCUT2D eigenvalue weighted by Gasteiger charge is 2.26. The van der Waals surface area contributed by atoms with Crippen LogP contribution in [0.5, 0.6) is 0 Å². The molecule has 0 atom stereocenters. The van der Waals surface area contributed by atoms with Crippen LogP contribution >= 0.6 is 11.6 Å². The number of hydrogen-bond donors (Lipinski definition) is 2. The molecule has 1 aliphatic carbocycles. The van der Waals surface area contributed by atoms with Gasteiger partial charge >= 0.3 is 0 Å². The Kier molecular flexibility index (Phi) is 6.05. The lowest BCUT2D eigenvalue weighted by atomic mass is 9.85. The lowest BCUT2D eigenvalue weighted by Crippen LogP contribution is -2.31. The first-order valence-electron chi connectivity index (χ1n) is 10.4. The van der Waals surface area contributed by atoms with Gasteiger partial charge in [0.2, 0.25) is 10.0 Å². The van der Waals surface area contributed by atoms with Crippen LogP contribution < -0.4 is 5.32 Å². The zero-order valence-corrected chi connectivity index (χ0v) is 19.1. The highest BCUT2D eigenvalue weighted by atomic mass is 35.5. The van der Waals surface area contributed by atoms with Crippen molar-refractivity contribution >= 4 is 44.3 Å². The monoisotopic (exact) mass is 460 g/mol. The van der Waals surface area contributed by atoms with Gasteiger partial charge in [-0.2, -0.15) is 4.31 Å². The van der Waals surface area contributed by atoms with Gasteiger partial charge in [0, 0.05) is 30.3 Å². The Morgan fingerprint density at radius 3 is 2.58 bits per heavy atom. The van der Waals surface area contributed by atoms with Crippen LogP contribution in [-0.2, 0) is 10.0 Å². The van der Waals surface area contributed by atoms with Crippen molar-refractivity contribution in [3.8, 4) is 0 Å². The number of H-pyrrole nitrogens is 1. The number of imidazole rings is 1. The Hall–Kier alpha value is -2.42. The Labute approximate surface area is 186 Å². The van der Waals surface area contributed by atoms with Gasteiger partial charge in [0.15, 0.2) is 0 Å². The average molecular weight is 461 g/mol. The Bertz CT molecular complexity index is 1230. The molecule has 0 bridgehead atoms. The third-order valence-electron chi connectivity index (χ3n) is 5.77. The number of carbonyl (C=O) groups excluding carboxylic acids is 1. The van der Waals surface area contributed by atoms with E-state index in [1.807, 2.05) is 12.1 Å². The van der Waals surface area contributed by atoms with E-state index in [4.69, 9.17) is 11.6 Å². The van der Waals surface area contributed by atoms with Crippen LogP contribution in [0.1, 0.15) is 55.2 Å². The summed E-state index contributed by atoms with van der Waals surface area (Å²) in [5.74, 6) is 1.07. The molecule has 0 saturated heterocycles. The molecule has 1 amide bonds. The molecule has 2 N–H and O–H groups in total. The first-order valence-corrected chi connectivity index (χ1v) is 12.3. The topological polar surface area (TPSA) is 95.2 Å². The zero-order chi connectivity index (χ0) is 22.2. The summed E-state index contributed by atoms with van der Waals surface area (Å²) in [6.07, 6.45) is 3.54. The molecular weight excluding hydrogens is 436 g/mol. The van der Waals surface area contributed by atoms with Gasteiger partial charge in [-0.15, -0.1) is 0 Å². The lowest BCUT2D eigenvalue weighted by molar-refractivity contribution is 0.102. The minimum atomic E-state index is -3.78. The molecule has 0 spiro atoms. The maximum Gasteiger partial charge on any atom is 0.255 e. The van der Waals surface area contributed by atoms with Crippen molar-refractivity contribution in [1.29, 1.82) is 0 Å². The molecule has 31 heavy (non-hydrogen) atoms. The number of amides is 1. The summed E-state index contributed by atoms with van der Waals surface area (Å²) < 4.78 is 27.1. The number of nitrogens with one attached hydrogen (secondary N) is 2. The van der Waals surface area contributed by atoms with Crippen LogP contribution in [0.15, 0.2) is 41.3 Å². The van der Waals surface area contributed by atoms with Crippen LogP contribution in [0.25, 0.3) is 11.0 Å². The number of rotatable bonds is 7. The minimum absolute atomic E-state index is 0.0697. The summed E-state index contributed by atoms with van der Waals surface area (Å²) >= 11 is 6.16. The number of aromatic nitrogens is 2. The van der Waals surface area contributed by atoms with E-state index in [1.54, 1.807) is 19.9 Å². The summed E-state index contributed by atoms with van der Waals surface area (Å²) in [6, 6.07) is 9.77. The fraction of sp³-hybridized carbons (Fsp3) is 0.364. The predicted octanol–water partition coefficient (Wildman–Crippen LogP) is 4.77. The number of sulfonamides is 1. The number of hydrogen-bond acceptors (Lipinski definition) is 4. The first kappa shape index (κ1) is 21.8. The molecule has 4 rings (SSSR count). The minimum Gasteiger partial charge on any atom is -0.342 e. The Morgan fingerprint density at radius 1 is 1.19 bits per heavy atom. The van der Waals surface area contributed by atoms with E-state index >= 15 is 0 Å². The molecule has 1 heterocycles. The fourth-order valence-electron chi connectivity index (χ4n) is 3.73. The SMILES string of the molecule is CCN(CC)S(=O)(=O)c1cc(C(=O)Nc2ccc3nc(C4CCC4)[nH]c3c2)ccc1Cl. The second kappa shape index (κ2) is 8.61. The number of nitrogens with zero attached hydrogens (tertiary/aromatic N) is 2. The maximum atomic E-state index is 12.9. The number of carbonyl (C=O) groups is 1. The first-order chi connectivity index (χ1) is 14.8. The molecule has 1 aliphatic rings. The number of benzene rings is 2. The highest BCUT2D eigenvalue weighted by Crippen LogP contribution is 2.35. The maximum absolute atomic E-state index is 12.9. The number of fused-ring (bicyclic) bond motifs is 1. The molecule has 1 saturated carbocycles. The molecule has 1 fully saturated rings. The molecule has 0 unspecified atom stereocenters. The van der Waals surface area contributed by atoms with Gasteiger partial charge in [0.1, 0.15) is 10.7 Å². The number of anilines is 1. The van der Waals surface area contributed by atoms with Gasteiger partial charge in [-0.3, -0.25) is 4.79 Å². The number of halogens is 1. The summed E-state index contributed by atoms with van der Waals surface area (Å²) in [5, 5.41) is 2.92. The number of aromatic amines is 1. The van der Waals surface area contributed by atoms with Crippen LogP contribution in [0.3, 0.4) is 0 Å². The summed E-state index contributed by atoms with van der Waals surface area (Å²) in [6.45, 7) is 4.15. The largest absolute Gasteiger partial charge is 0.342 e. The van der Waals surface area contributed by atoms with Gasteiger partial charge in [-0.05, 0) is 49.2 Å². The molecule has 2 aromatic carbocycles. The van der Waals surface area contributed by atoms with E-state index in [2.05, 4.69) is 15.3 Å². The average Bonchev–Trinajstić information content (AvgIpc) is 3.09. The molecule has 164 valence electrons. The van der Waals surface area contributed by atoms with Crippen LogP contribution in [0.2, 0.25) is 5.02 Å². The molecule has 0 radical (unpaired) electrons. The van der Waals surface area contributed by atoms with Gasteiger partial charge < -0.3 is 10.3 Å². The van der Waals surface area contributed by atoms with Crippen molar-refractivity contribution in [2.75, 3.05) is 18.4 Å². The molecule has 1 aromatic heterocycles. The smallest absolute Gasteiger partial charge is 0.255 e. The van der Waals surface area contributed by atoms with Gasteiger partial charge in [-0.1, -0.05) is 31.9 Å². The van der Waals surface area contributed by atoms with Crippen molar-refractivity contribution in [2.45, 2.75) is 43.9 Å². The highest BCUT2D eigenvalue weighted by molar-refractivity contribution is 7.89. The molecule has 7 nitrogen and oxygen atoms in total. The Balaban J connectivity index is 1.58. The van der Waals surface area contributed by atoms with E-state index in [0.29, 0.717) is 24.7 Å².